The first kappa shape index (κ1) is 24.8. The predicted molar refractivity (Wildman–Crippen MR) is 128 cm³/mol. The van der Waals surface area contributed by atoms with Crippen LogP contribution >= 0.6 is 11.6 Å². The van der Waals surface area contributed by atoms with Gasteiger partial charge < -0.3 is 14.6 Å². The Hall–Kier alpha value is -2.84. The van der Waals surface area contributed by atoms with Gasteiger partial charge in [0.2, 0.25) is 0 Å². The normalized spacial score (nSPS) is 13.1. The Bertz CT molecular complexity index is 1340. The van der Waals surface area contributed by atoms with Crippen molar-refractivity contribution in [3.8, 4) is 0 Å². The van der Waals surface area contributed by atoms with Gasteiger partial charge in [-0.05, 0) is 69.2 Å². The first-order valence-corrected chi connectivity index (χ1v) is 12.2. The van der Waals surface area contributed by atoms with Gasteiger partial charge >= 0.3 is 5.97 Å². The van der Waals surface area contributed by atoms with Crippen LogP contribution in [0, 0.1) is 6.92 Å². The third kappa shape index (κ3) is 4.37. The van der Waals surface area contributed by atoms with E-state index in [1.807, 2.05) is 19.1 Å². The van der Waals surface area contributed by atoms with Crippen molar-refractivity contribution in [3.63, 3.8) is 0 Å². The van der Waals surface area contributed by atoms with Crippen LogP contribution in [0.15, 0.2) is 47.4 Å². The van der Waals surface area contributed by atoms with Gasteiger partial charge in [-0.3, -0.25) is 9.59 Å². The highest BCUT2D eigenvalue weighted by atomic mass is 35.5. The number of aryl methyl sites for hydroxylation is 2. The highest BCUT2D eigenvalue weighted by molar-refractivity contribution is 7.93. The maximum atomic E-state index is 13.0. The largest absolute Gasteiger partial charge is 0.468 e. The summed E-state index contributed by atoms with van der Waals surface area (Å²) < 4.78 is 30.5. The van der Waals surface area contributed by atoms with E-state index in [1.54, 1.807) is 36.7 Å². The van der Waals surface area contributed by atoms with Crippen LogP contribution < -0.4 is 5.32 Å². The Balaban J connectivity index is 1.83. The van der Waals surface area contributed by atoms with Crippen molar-refractivity contribution in [1.29, 1.82) is 0 Å². The molecule has 33 heavy (non-hydrogen) atoms. The first-order valence-electron chi connectivity index (χ1n) is 10.3. The molecule has 0 aliphatic carbocycles. The second kappa shape index (κ2) is 8.83. The monoisotopic (exact) mass is 490 g/mol. The SMILES string of the molecule is COC(=O)C(C)(C)S(=O)(=O)c1ccc(C(C)NC(=O)c2cc3c(Cl)cc(C)cc3n2C)cc1. The quantitative estimate of drug-likeness (QED) is 0.518. The third-order valence-corrected chi connectivity index (χ3v) is 8.59. The van der Waals surface area contributed by atoms with Crippen LogP contribution in [0.2, 0.25) is 5.02 Å². The maximum absolute atomic E-state index is 13.0. The molecule has 0 saturated carbocycles. The highest BCUT2D eigenvalue weighted by Crippen LogP contribution is 2.29. The Morgan fingerprint density at radius 3 is 2.30 bits per heavy atom. The van der Waals surface area contributed by atoms with Crippen molar-refractivity contribution < 1.29 is 22.7 Å². The van der Waals surface area contributed by atoms with E-state index in [-0.39, 0.29) is 10.8 Å². The van der Waals surface area contributed by atoms with Crippen LogP contribution in [0.3, 0.4) is 0 Å². The van der Waals surface area contributed by atoms with Gasteiger partial charge in [0.05, 0.1) is 28.6 Å². The lowest BCUT2D eigenvalue weighted by atomic mass is 10.1. The molecule has 0 saturated heterocycles. The van der Waals surface area contributed by atoms with Crippen LogP contribution in [0.1, 0.15) is 48.4 Å². The number of fused-ring (bicyclic) bond motifs is 1. The highest BCUT2D eigenvalue weighted by Gasteiger charge is 2.43. The van der Waals surface area contributed by atoms with Crippen molar-refractivity contribution in [2.45, 2.75) is 43.4 Å². The van der Waals surface area contributed by atoms with Gasteiger partial charge in [-0.1, -0.05) is 23.7 Å². The molecule has 7 nitrogen and oxygen atoms in total. The molecule has 176 valence electrons. The van der Waals surface area contributed by atoms with Crippen LogP contribution in [-0.4, -0.2) is 36.7 Å². The summed E-state index contributed by atoms with van der Waals surface area (Å²) in [6, 6.07) is 11.3. The molecule has 0 fully saturated rings. The van der Waals surface area contributed by atoms with E-state index >= 15 is 0 Å². The summed E-state index contributed by atoms with van der Waals surface area (Å²) in [6.07, 6.45) is 0. The van der Waals surface area contributed by atoms with E-state index < -0.39 is 26.6 Å². The first-order chi connectivity index (χ1) is 15.3. The number of amides is 1. The lowest BCUT2D eigenvalue weighted by Crippen LogP contribution is -2.41. The minimum atomic E-state index is -3.96. The molecule has 1 N–H and O–H groups in total. The van der Waals surface area contributed by atoms with Crippen molar-refractivity contribution >= 4 is 44.2 Å². The minimum Gasteiger partial charge on any atom is -0.468 e. The predicted octanol–water partition coefficient (Wildman–Crippen LogP) is 4.36. The number of aromatic nitrogens is 1. The minimum absolute atomic E-state index is 0.00104. The topological polar surface area (TPSA) is 94.5 Å². The maximum Gasteiger partial charge on any atom is 0.327 e. The number of nitrogens with zero attached hydrogens (tertiary/aromatic N) is 1. The van der Waals surface area contributed by atoms with E-state index in [4.69, 9.17) is 11.6 Å². The molecule has 0 aliphatic rings. The van der Waals surface area contributed by atoms with E-state index in [2.05, 4.69) is 10.1 Å². The zero-order valence-corrected chi connectivity index (χ0v) is 21.0. The molecule has 3 aromatic rings. The number of carbonyl (C=O) groups is 2. The number of benzene rings is 2. The van der Waals surface area contributed by atoms with E-state index in [0.717, 1.165) is 23.6 Å². The number of rotatable bonds is 6. The summed E-state index contributed by atoms with van der Waals surface area (Å²) >= 11 is 6.34. The zero-order valence-electron chi connectivity index (χ0n) is 19.4. The molecule has 1 heterocycles. The summed E-state index contributed by atoms with van der Waals surface area (Å²) in [5.41, 5.74) is 3.04. The number of sulfone groups is 1. The summed E-state index contributed by atoms with van der Waals surface area (Å²) in [7, 11) is -1.01. The number of methoxy groups -OCH3 is 1. The number of ether oxygens (including phenoxy) is 1. The molecule has 1 atom stereocenters. The van der Waals surface area contributed by atoms with E-state index in [9.17, 15) is 18.0 Å². The smallest absolute Gasteiger partial charge is 0.327 e. The summed E-state index contributed by atoms with van der Waals surface area (Å²) in [5.74, 6) is -1.11. The number of hydrogen-bond donors (Lipinski definition) is 1. The lowest BCUT2D eigenvalue weighted by molar-refractivity contribution is -0.142. The van der Waals surface area contributed by atoms with Crippen molar-refractivity contribution in [3.05, 3.63) is 64.3 Å². The van der Waals surface area contributed by atoms with E-state index in [1.165, 1.54) is 26.0 Å². The van der Waals surface area contributed by atoms with Gasteiger partial charge in [0.15, 0.2) is 14.6 Å². The molecule has 0 radical (unpaired) electrons. The van der Waals surface area contributed by atoms with Gasteiger partial charge in [-0.25, -0.2) is 8.42 Å². The second-order valence-corrected chi connectivity index (χ2v) is 11.4. The molecular weight excluding hydrogens is 464 g/mol. The van der Waals surface area contributed by atoms with Crippen molar-refractivity contribution in [1.82, 2.24) is 9.88 Å². The molecule has 0 bridgehead atoms. The van der Waals surface area contributed by atoms with Gasteiger partial charge in [0.1, 0.15) is 5.69 Å². The summed E-state index contributed by atoms with van der Waals surface area (Å²) in [5, 5.41) is 4.32. The lowest BCUT2D eigenvalue weighted by Gasteiger charge is -2.22. The summed E-state index contributed by atoms with van der Waals surface area (Å²) in [4.78, 5) is 24.9. The van der Waals surface area contributed by atoms with Crippen LogP contribution in [0.5, 0.6) is 0 Å². The molecule has 1 aromatic heterocycles. The molecule has 0 aliphatic heterocycles. The molecule has 0 spiro atoms. The Labute approximate surface area is 198 Å². The third-order valence-electron chi connectivity index (χ3n) is 5.88. The van der Waals surface area contributed by atoms with E-state index in [0.29, 0.717) is 16.3 Å². The van der Waals surface area contributed by atoms with Crippen molar-refractivity contribution in [2.75, 3.05) is 7.11 Å². The molecule has 9 heteroatoms. The number of esters is 1. The number of nitrogens with one attached hydrogen (secondary N) is 1. The molecule has 3 rings (SSSR count). The number of carbonyl (C=O) groups excluding carboxylic acids is 2. The Kier molecular flexibility index (Phi) is 6.64. The fraction of sp³-hybridized carbons (Fsp3) is 0.333. The molecular formula is C24H27ClN2O5S. The summed E-state index contributed by atoms with van der Waals surface area (Å²) in [6.45, 7) is 6.36. The van der Waals surface area contributed by atoms with Crippen LogP contribution in [0.25, 0.3) is 10.9 Å². The van der Waals surface area contributed by atoms with Gasteiger partial charge in [-0.15, -0.1) is 0 Å². The second-order valence-electron chi connectivity index (χ2n) is 8.54. The standard InChI is InChI=1S/C24H27ClN2O5S/c1-14-11-19(25)18-13-21(27(5)20(18)12-14)22(28)26-15(2)16-7-9-17(10-8-16)33(30,31)24(3,4)23(29)32-6/h7-13,15H,1-6H3,(H,26,28). The Morgan fingerprint density at radius 2 is 1.73 bits per heavy atom. The number of halogens is 1. The Morgan fingerprint density at radius 1 is 1.12 bits per heavy atom. The van der Waals surface area contributed by atoms with Crippen LogP contribution in [0.4, 0.5) is 0 Å². The fourth-order valence-corrected chi connectivity index (χ4v) is 5.39. The molecule has 1 amide bonds. The van der Waals surface area contributed by atoms with Crippen LogP contribution in [-0.2, 0) is 26.4 Å². The zero-order chi connectivity index (χ0) is 24.7. The fourth-order valence-electron chi connectivity index (χ4n) is 3.68. The van der Waals surface area contributed by atoms with Gasteiger partial charge in [0, 0.05) is 12.4 Å². The molecule has 2 aromatic carbocycles. The van der Waals surface area contributed by atoms with Gasteiger partial charge in [0.25, 0.3) is 5.91 Å². The van der Waals surface area contributed by atoms with Gasteiger partial charge in [-0.2, -0.15) is 0 Å². The average molecular weight is 491 g/mol. The number of hydrogen-bond acceptors (Lipinski definition) is 5. The molecule has 1 unspecified atom stereocenters. The van der Waals surface area contributed by atoms with Crippen molar-refractivity contribution in [2.24, 2.45) is 7.05 Å². The average Bonchev–Trinajstić information content (AvgIpc) is 3.09.